The first-order chi connectivity index (χ1) is 8.31. The van der Waals surface area contributed by atoms with Crippen LogP contribution in [0.15, 0.2) is 30.3 Å². The number of hydrogen-bond acceptors (Lipinski definition) is 4. The summed E-state index contributed by atoms with van der Waals surface area (Å²) in [6.07, 6.45) is 0.722. The van der Waals surface area contributed by atoms with Crippen LogP contribution in [0, 0.1) is 0 Å². The third-order valence-electron chi connectivity index (χ3n) is 2.52. The first kappa shape index (κ1) is 11.8. The highest BCUT2D eigenvalue weighted by Crippen LogP contribution is 2.16. The van der Waals surface area contributed by atoms with Crippen molar-refractivity contribution < 1.29 is 4.74 Å². The Morgan fingerprint density at radius 1 is 1.35 bits per heavy atom. The SMILES string of the molecule is COCCC(N)c1nc(-c2ccccc2)n[nH]1. The Bertz CT molecular complexity index is 455. The lowest BCUT2D eigenvalue weighted by atomic mass is 10.2. The highest BCUT2D eigenvalue weighted by molar-refractivity contribution is 5.53. The van der Waals surface area contributed by atoms with Gasteiger partial charge in [0.05, 0.1) is 6.04 Å². The number of benzene rings is 1. The van der Waals surface area contributed by atoms with Crippen molar-refractivity contribution in [1.29, 1.82) is 0 Å². The molecule has 0 radical (unpaired) electrons. The molecule has 0 aliphatic carbocycles. The van der Waals surface area contributed by atoms with Crippen LogP contribution in [-0.4, -0.2) is 28.9 Å². The van der Waals surface area contributed by atoms with Crippen molar-refractivity contribution >= 4 is 0 Å². The van der Waals surface area contributed by atoms with Crippen molar-refractivity contribution in [3.05, 3.63) is 36.2 Å². The van der Waals surface area contributed by atoms with E-state index in [1.54, 1.807) is 7.11 Å². The summed E-state index contributed by atoms with van der Waals surface area (Å²) >= 11 is 0. The topological polar surface area (TPSA) is 76.8 Å². The molecule has 3 N–H and O–H groups in total. The van der Waals surface area contributed by atoms with Crippen molar-refractivity contribution in [2.45, 2.75) is 12.5 Å². The van der Waals surface area contributed by atoms with E-state index in [4.69, 9.17) is 10.5 Å². The molecule has 0 spiro atoms. The van der Waals surface area contributed by atoms with Gasteiger partial charge in [0, 0.05) is 19.3 Å². The van der Waals surface area contributed by atoms with Gasteiger partial charge in [0.25, 0.3) is 0 Å². The van der Waals surface area contributed by atoms with Crippen LogP contribution in [0.2, 0.25) is 0 Å². The molecule has 0 saturated carbocycles. The number of aromatic amines is 1. The average molecular weight is 232 g/mol. The van der Waals surface area contributed by atoms with Crippen LogP contribution in [0.25, 0.3) is 11.4 Å². The van der Waals surface area contributed by atoms with E-state index in [0.29, 0.717) is 18.3 Å². The summed E-state index contributed by atoms with van der Waals surface area (Å²) < 4.78 is 4.98. The maximum Gasteiger partial charge on any atom is 0.181 e. The largest absolute Gasteiger partial charge is 0.385 e. The fourth-order valence-electron chi connectivity index (χ4n) is 1.54. The maximum absolute atomic E-state index is 5.96. The van der Waals surface area contributed by atoms with Gasteiger partial charge < -0.3 is 10.5 Å². The number of methoxy groups -OCH3 is 1. The zero-order valence-electron chi connectivity index (χ0n) is 9.76. The lowest BCUT2D eigenvalue weighted by Crippen LogP contribution is -2.14. The van der Waals surface area contributed by atoms with E-state index < -0.39 is 0 Å². The smallest absolute Gasteiger partial charge is 0.181 e. The number of ether oxygens (including phenoxy) is 1. The number of hydrogen-bond donors (Lipinski definition) is 2. The predicted octanol–water partition coefficient (Wildman–Crippen LogP) is 1.51. The normalized spacial score (nSPS) is 12.6. The fraction of sp³-hybridized carbons (Fsp3) is 0.333. The zero-order chi connectivity index (χ0) is 12.1. The molecule has 0 aliphatic heterocycles. The van der Waals surface area contributed by atoms with Crippen LogP contribution in [0.3, 0.4) is 0 Å². The molecule has 1 unspecified atom stereocenters. The van der Waals surface area contributed by atoms with Gasteiger partial charge in [-0.15, -0.1) is 0 Å². The molecule has 1 atom stereocenters. The summed E-state index contributed by atoms with van der Waals surface area (Å²) in [7, 11) is 1.66. The van der Waals surface area contributed by atoms with Gasteiger partial charge in [-0.1, -0.05) is 30.3 Å². The molecule has 0 aliphatic rings. The van der Waals surface area contributed by atoms with Crippen molar-refractivity contribution in [3.8, 4) is 11.4 Å². The van der Waals surface area contributed by atoms with Crippen LogP contribution >= 0.6 is 0 Å². The second kappa shape index (κ2) is 5.56. The standard InChI is InChI=1S/C12H16N4O/c1-17-8-7-10(13)12-14-11(15-16-12)9-5-3-2-4-6-9/h2-6,10H,7-8,13H2,1H3,(H,14,15,16). The molecule has 0 bridgehead atoms. The van der Waals surface area contributed by atoms with Gasteiger partial charge >= 0.3 is 0 Å². The molecule has 1 heterocycles. The summed E-state index contributed by atoms with van der Waals surface area (Å²) in [5.74, 6) is 1.37. The van der Waals surface area contributed by atoms with E-state index in [-0.39, 0.29) is 6.04 Å². The summed E-state index contributed by atoms with van der Waals surface area (Å²) in [6.45, 7) is 0.614. The molecule has 17 heavy (non-hydrogen) atoms. The lowest BCUT2D eigenvalue weighted by molar-refractivity contribution is 0.187. The molecular formula is C12H16N4O. The lowest BCUT2D eigenvalue weighted by Gasteiger charge is -2.05. The number of nitrogens with one attached hydrogen (secondary N) is 1. The average Bonchev–Trinajstić information content (AvgIpc) is 2.86. The van der Waals surface area contributed by atoms with Crippen molar-refractivity contribution in [3.63, 3.8) is 0 Å². The molecule has 90 valence electrons. The molecule has 1 aromatic carbocycles. The highest BCUT2D eigenvalue weighted by Gasteiger charge is 2.12. The third kappa shape index (κ3) is 2.89. The maximum atomic E-state index is 5.96. The second-order valence-electron chi connectivity index (χ2n) is 3.80. The number of nitrogens with two attached hydrogens (primary N) is 1. The van der Waals surface area contributed by atoms with Gasteiger partial charge in [0.1, 0.15) is 5.82 Å². The van der Waals surface area contributed by atoms with Crippen molar-refractivity contribution in [2.75, 3.05) is 13.7 Å². The summed E-state index contributed by atoms with van der Waals surface area (Å²) in [6, 6.07) is 9.63. The quantitative estimate of drug-likeness (QED) is 0.819. The Labute approximate surface area is 100 Å². The van der Waals surface area contributed by atoms with E-state index in [1.165, 1.54) is 0 Å². The van der Waals surface area contributed by atoms with Gasteiger partial charge in [-0.3, -0.25) is 5.10 Å². The minimum Gasteiger partial charge on any atom is -0.385 e. The van der Waals surface area contributed by atoms with Crippen LogP contribution in [0.4, 0.5) is 0 Å². The van der Waals surface area contributed by atoms with Crippen LogP contribution in [0.1, 0.15) is 18.3 Å². The molecule has 1 aromatic heterocycles. The minimum absolute atomic E-state index is 0.167. The number of nitrogens with zero attached hydrogens (tertiary/aromatic N) is 2. The van der Waals surface area contributed by atoms with E-state index >= 15 is 0 Å². The predicted molar refractivity (Wildman–Crippen MR) is 65.2 cm³/mol. The Balaban J connectivity index is 2.11. The Morgan fingerprint density at radius 3 is 2.82 bits per heavy atom. The number of rotatable bonds is 5. The Kier molecular flexibility index (Phi) is 3.85. The number of H-pyrrole nitrogens is 1. The van der Waals surface area contributed by atoms with Crippen molar-refractivity contribution in [1.82, 2.24) is 15.2 Å². The summed E-state index contributed by atoms with van der Waals surface area (Å²) in [5.41, 5.74) is 6.94. The summed E-state index contributed by atoms with van der Waals surface area (Å²) in [4.78, 5) is 4.39. The van der Waals surface area contributed by atoms with Crippen LogP contribution in [-0.2, 0) is 4.74 Å². The molecule has 0 amide bonds. The molecule has 2 rings (SSSR count). The zero-order valence-corrected chi connectivity index (χ0v) is 9.76. The summed E-state index contributed by atoms with van der Waals surface area (Å²) in [5, 5.41) is 7.03. The highest BCUT2D eigenvalue weighted by atomic mass is 16.5. The molecule has 0 fully saturated rings. The van der Waals surface area contributed by atoms with E-state index in [9.17, 15) is 0 Å². The van der Waals surface area contributed by atoms with Gasteiger partial charge in [-0.2, -0.15) is 5.10 Å². The van der Waals surface area contributed by atoms with Gasteiger partial charge in [-0.05, 0) is 6.42 Å². The first-order valence-corrected chi connectivity index (χ1v) is 5.53. The Morgan fingerprint density at radius 2 is 2.12 bits per heavy atom. The molecule has 5 heteroatoms. The molecule has 5 nitrogen and oxygen atoms in total. The van der Waals surface area contributed by atoms with Gasteiger partial charge in [0.2, 0.25) is 0 Å². The van der Waals surface area contributed by atoms with E-state index in [0.717, 1.165) is 12.0 Å². The van der Waals surface area contributed by atoms with Gasteiger partial charge in [-0.25, -0.2) is 4.98 Å². The first-order valence-electron chi connectivity index (χ1n) is 5.53. The minimum atomic E-state index is -0.167. The molecule has 2 aromatic rings. The van der Waals surface area contributed by atoms with Crippen LogP contribution in [0.5, 0.6) is 0 Å². The second-order valence-corrected chi connectivity index (χ2v) is 3.80. The van der Waals surface area contributed by atoms with E-state index in [2.05, 4.69) is 15.2 Å². The molecule has 0 saturated heterocycles. The third-order valence-corrected chi connectivity index (χ3v) is 2.52. The van der Waals surface area contributed by atoms with E-state index in [1.807, 2.05) is 30.3 Å². The monoisotopic (exact) mass is 232 g/mol. The van der Waals surface area contributed by atoms with Crippen LogP contribution < -0.4 is 5.73 Å². The van der Waals surface area contributed by atoms with Crippen molar-refractivity contribution in [2.24, 2.45) is 5.73 Å². The molecular weight excluding hydrogens is 216 g/mol. The number of aromatic nitrogens is 3. The van der Waals surface area contributed by atoms with Gasteiger partial charge in [0.15, 0.2) is 5.82 Å². The fourth-order valence-corrected chi connectivity index (χ4v) is 1.54. The Hall–Kier alpha value is -1.72.